The van der Waals surface area contributed by atoms with Gasteiger partial charge in [-0.3, -0.25) is 4.79 Å². The van der Waals surface area contributed by atoms with Gasteiger partial charge in [0, 0.05) is 17.5 Å². The molecule has 0 spiro atoms. The Hall–Kier alpha value is -2.29. The second kappa shape index (κ2) is 4.76. The molecule has 3 rings (SSSR count). The topological polar surface area (TPSA) is 53.1 Å². The minimum absolute atomic E-state index is 0.0671. The Morgan fingerprint density at radius 2 is 2.11 bits per heavy atom. The number of aliphatic carboxylic acids is 1. The molecule has 1 aliphatic carbocycles. The van der Waals surface area contributed by atoms with Crippen LogP contribution in [-0.4, -0.2) is 16.1 Å². The summed E-state index contributed by atoms with van der Waals surface area (Å²) in [7, 11) is 0. The van der Waals surface area contributed by atoms with Crippen LogP contribution in [0.25, 0.3) is 12.2 Å². The Morgan fingerprint density at radius 1 is 1.32 bits per heavy atom. The highest BCUT2D eigenvalue weighted by atomic mass is 16.4. The first-order chi connectivity index (χ1) is 9.24. The van der Waals surface area contributed by atoms with E-state index in [1.165, 1.54) is 5.56 Å². The Labute approximate surface area is 110 Å². The number of rotatable bonds is 3. The summed E-state index contributed by atoms with van der Waals surface area (Å²) in [5.41, 5.74) is 2.13. The van der Waals surface area contributed by atoms with Gasteiger partial charge >= 0.3 is 5.97 Å². The van der Waals surface area contributed by atoms with Crippen molar-refractivity contribution < 1.29 is 9.90 Å². The number of aromatic amines is 1. The van der Waals surface area contributed by atoms with Gasteiger partial charge in [-0.05, 0) is 22.8 Å². The van der Waals surface area contributed by atoms with Gasteiger partial charge in [-0.15, -0.1) is 0 Å². The smallest absolute Gasteiger partial charge is 0.307 e. The molecule has 2 aromatic rings. The molecule has 0 bridgehead atoms. The van der Waals surface area contributed by atoms with E-state index < -0.39 is 5.97 Å². The van der Waals surface area contributed by atoms with Crippen LogP contribution in [-0.2, 0) is 11.2 Å². The van der Waals surface area contributed by atoms with Crippen molar-refractivity contribution in [1.29, 1.82) is 0 Å². The van der Waals surface area contributed by atoms with Crippen molar-refractivity contribution in [1.82, 2.24) is 4.98 Å². The molecule has 3 heteroatoms. The lowest BCUT2D eigenvalue weighted by Gasteiger charge is -2.13. The monoisotopic (exact) mass is 253 g/mol. The number of H-pyrrole nitrogens is 1. The molecule has 3 nitrogen and oxygen atoms in total. The Balaban J connectivity index is 2.03. The van der Waals surface area contributed by atoms with E-state index in [4.69, 9.17) is 5.11 Å². The van der Waals surface area contributed by atoms with E-state index in [-0.39, 0.29) is 6.42 Å². The number of carboxylic acids is 1. The molecule has 1 aliphatic rings. The molecule has 2 N–H and O–H groups in total. The van der Waals surface area contributed by atoms with E-state index >= 15 is 0 Å². The van der Waals surface area contributed by atoms with Gasteiger partial charge < -0.3 is 10.1 Å². The molecule has 1 heterocycles. The average molecular weight is 253 g/mol. The van der Waals surface area contributed by atoms with E-state index in [9.17, 15) is 4.79 Å². The largest absolute Gasteiger partial charge is 0.481 e. The van der Waals surface area contributed by atoms with Crippen molar-refractivity contribution in [3.63, 3.8) is 0 Å². The average Bonchev–Trinajstić information content (AvgIpc) is 2.82. The Morgan fingerprint density at radius 3 is 2.84 bits per heavy atom. The first kappa shape index (κ1) is 11.8. The van der Waals surface area contributed by atoms with Gasteiger partial charge in [0.2, 0.25) is 0 Å². The zero-order chi connectivity index (χ0) is 13.2. The highest BCUT2D eigenvalue weighted by molar-refractivity contribution is 5.70. The first-order valence-corrected chi connectivity index (χ1v) is 6.39. The van der Waals surface area contributed by atoms with Gasteiger partial charge in [-0.1, -0.05) is 42.5 Å². The molecule has 1 atom stereocenters. The number of nitrogens with one attached hydrogen (secondary N) is 1. The van der Waals surface area contributed by atoms with Crippen LogP contribution in [0.4, 0.5) is 0 Å². The van der Waals surface area contributed by atoms with Gasteiger partial charge in [0.1, 0.15) is 0 Å². The van der Waals surface area contributed by atoms with Crippen LogP contribution < -0.4 is 10.6 Å². The van der Waals surface area contributed by atoms with Crippen LogP contribution in [0.15, 0.2) is 36.5 Å². The lowest BCUT2D eigenvalue weighted by Crippen LogP contribution is -2.29. The summed E-state index contributed by atoms with van der Waals surface area (Å²) < 4.78 is 0. The van der Waals surface area contributed by atoms with Crippen molar-refractivity contribution in [2.45, 2.75) is 18.8 Å². The Kier molecular flexibility index (Phi) is 2.95. The SMILES string of the molecule is O=C(O)Cc1c[nH]c2c1=CC(c1ccccc1)CC=2. The van der Waals surface area contributed by atoms with Crippen LogP contribution in [0.3, 0.4) is 0 Å². The summed E-state index contributed by atoms with van der Waals surface area (Å²) in [6, 6.07) is 10.3. The number of carbonyl (C=O) groups is 1. The summed E-state index contributed by atoms with van der Waals surface area (Å²) in [4.78, 5) is 14.0. The number of hydrogen-bond acceptors (Lipinski definition) is 1. The zero-order valence-electron chi connectivity index (χ0n) is 10.5. The number of carboxylic acid groups (broad SMARTS) is 1. The predicted molar refractivity (Wildman–Crippen MR) is 74.1 cm³/mol. The van der Waals surface area contributed by atoms with Crippen molar-refractivity contribution in [3.05, 3.63) is 58.2 Å². The molecular formula is C16H15NO2. The minimum Gasteiger partial charge on any atom is -0.481 e. The maximum absolute atomic E-state index is 10.9. The lowest BCUT2D eigenvalue weighted by molar-refractivity contribution is -0.136. The molecule has 96 valence electrons. The number of fused-ring (bicyclic) bond motifs is 1. The maximum Gasteiger partial charge on any atom is 0.307 e. The summed E-state index contributed by atoms with van der Waals surface area (Å²) in [6.07, 6.45) is 7.15. The first-order valence-electron chi connectivity index (χ1n) is 6.39. The fourth-order valence-corrected chi connectivity index (χ4v) is 2.61. The van der Waals surface area contributed by atoms with Crippen molar-refractivity contribution in [2.75, 3.05) is 0 Å². The van der Waals surface area contributed by atoms with E-state index in [1.807, 2.05) is 18.2 Å². The minimum atomic E-state index is -0.794. The molecule has 1 unspecified atom stereocenters. The molecule has 19 heavy (non-hydrogen) atoms. The highest BCUT2D eigenvalue weighted by Crippen LogP contribution is 2.22. The number of hydrogen-bond donors (Lipinski definition) is 2. The number of aromatic nitrogens is 1. The van der Waals surface area contributed by atoms with E-state index in [1.54, 1.807) is 6.20 Å². The lowest BCUT2D eigenvalue weighted by atomic mass is 9.91. The molecule has 0 saturated carbocycles. The van der Waals surface area contributed by atoms with Crippen LogP contribution in [0.2, 0.25) is 0 Å². The van der Waals surface area contributed by atoms with E-state index in [0.717, 1.165) is 22.6 Å². The van der Waals surface area contributed by atoms with Gasteiger partial charge in [0.25, 0.3) is 0 Å². The predicted octanol–water partition coefficient (Wildman–Crippen LogP) is 1.39. The second-order valence-electron chi connectivity index (χ2n) is 4.84. The van der Waals surface area contributed by atoms with Gasteiger partial charge in [-0.25, -0.2) is 0 Å². The highest BCUT2D eigenvalue weighted by Gasteiger charge is 2.13. The maximum atomic E-state index is 10.9. The summed E-state index contributed by atoms with van der Waals surface area (Å²) in [6.45, 7) is 0. The standard InChI is InChI=1S/C16H15NO2/c18-16(19)9-13-10-17-15-7-6-12(8-14(13)15)11-4-2-1-3-5-11/h1-5,7-8,10,12,17H,6,9H2,(H,18,19). The molecule has 0 amide bonds. The third kappa shape index (κ3) is 2.32. The molecule has 0 saturated heterocycles. The van der Waals surface area contributed by atoms with Crippen LogP contribution in [0, 0.1) is 0 Å². The normalized spacial score (nSPS) is 17.2. The fraction of sp³-hybridized carbons (Fsp3) is 0.188. The van der Waals surface area contributed by atoms with Crippen LogP contribution in [0.1, 0.15) is 23.5 Å². The third-order valence-electron chi connectivity index (χ3n) is 3.55. The molecular weight excluding hydrogens is 238 g/mol. The van der Waals surface area contributed by atoms with E-state index in [0.29, 0.717) is 5.92 Å². The van der Waals surface area contributed by atoms with Crippen LogP contribution >= 0.6 is 0 Å². The molecule has 0 fully saturated rings. The van der Waals surface area contributed by atoms with Crippen molar-refractivity contribution >= 4 is 18.1 Å². The fourth-order valence-electron chi connectivity index (χ4n) is 2.61. The quantitative estimate of drug-likeness (QED) is 0.868. The summed E-state index contributed by atoms with van der Waals surface area (Å²) in [5.74, 6) is -0.464. The molecule has 0 radical (unpaired) electrons. The molecule has 1 aromatic heterocycles. The Bertz CT molecular complexity index is 713. The van der Waals surface area contributed by atoms with Crippen molar-refractivity contribution in [3.8, 4) is 0 Å². The van der Waals surface area contributed by atoms with Crippen LogP contribution in [0.5, 0.6) is 0 Å². The van der Waals surface area contributed by atoms with Gasteiger partial charge in [0.15, 0.2) is 0 Å². The third-order valence-corrected chi connectivity index (χ3v) is 3.55. The number of benzene rings is 1. The van der Waals surface area contributed by atoms with Gasteiger partial charge in [-0.2, -0.15) is 0 Å². The second-order valence-corrected chi connectivity index (χ2v) is 4.84. The van der Waals surface area contributed by atoms with Crippen molar-refractivity contribution in [2.24, 2.45) is 0 Å². The van der Waals surface area contributed by atoms with E-state index in [2.05, 4.69) is 29.3 Å². The summed E-state index contributed by atoms with van der Waals surface area (Å²) >= 11 is 0. The zero-order valence-corrected chi connectivity index (χ0v) is 10.5. The molecule has 1 aromatic carbocycles. The van der Waals surface area contributed by atoms with Gasteiger partial charge in [0.05, 0.1) is 6.42 Å². The summed E-state index contributed by atoms with van der Waals surface area (Å²) in [5, 5.41) is 11.0. The molecule has 0 aliphatic heterocycles.